The molecule has 0 aliphatic heterocycles. The molecule has 216 valence electrons. The molecule has 0 saturated carbocycles. The number of fused-ring (bicyclic) bond motifs is 1. The number of ether oxygens (including phenoxy) is 1. The van der Waals surface area contributed by atoms with E-state index < -0.39 is 29.7 Å². The fourth-order valence-corrected chi connectivity index (χ4v) is 4.70. The zero-order valence-corrected chi connectivity index (χ0v) is 23.1. The molecular weight excluding hydrogens is 530 g/mol. The highest BCUT2D eigenvalue weighted by molar-refractivity contribution is 5.99. The zero-order valence-electron chi connectivity index (χ0n) is 23.1. The molecule has 1 amide bonds. The first-order chi connectivity index (χ1) is 19.7. The number of Topliss-reactive ketones (excluding diaryl/α,β-unsaturated/α-hetero) is 1. The van der Waals surface area contributed by atoms with Crippen LogP contribution in [0.15, 0.2) is 71.1 Å². The van der Waals surface area contributed by atoms with Crippen LogP contribution in [0.2, 0.25) is 0 Å². The molecule has 9 heteroatoms. The van der Waals surface area contributed by atoms with Crippen molar-refractivity contribution in [3.05, 3.63) is 101 Å². The summed E-state index contributed by atoms with van der Waals surface area (Å²) >= 11 is 0. The lowest BCUT2D eigenvalue weighted by Gasteiger charge is -2.25. The number of hydrogen-bond donors (Lipinski definition) is 3. The number of methoxy groups -OCH3 is 1. The number of rotatable bonds is 14. The molecule has 7 nitrogen and oxygen atoms in total. The van der Waals surface area contributed by atoms with Crippen molar-refractivity contribution in [2.45, 2.75) is 51.3 Å². The summed E-state index contributed by atoms with van der Waals surface area (Å²) in [4.78, 5) is 25.6. The number of para-hydroxylation sites is 1. The number of aryl methyl sites for hydroxylation is 1. The average molecular weight is 565 g/mol. The lowest BCUT2D eigenvalue weighted by Crippen LogP contribution is -2.48. The Balaban J connectivity index is 1.39. The van der Waals surface area contributed by atoms with Gasteiger partial charge in [0.1, 0.15) is 11.6 Å². The van der Waals surface area contributed by atoms with Crippen molar-refractivity contribution in [1.82, 2.24) is 10.6 Å². The van der Waals surface area contributed by atoms with Crippen LogP contribution < -0.4 is 15.4 Å². The van der Waals surface area contributed by atoms with Crippen LogP contribution in [0, 0.1) is 11.6 Å². The number of carbonyl (C=O) groups excluding carboxylic acids is 2. The van der Waals surface area contributed by atoms with E-state index in [9.17, 15) is 23.5 Å². The van der Waals surface area contributed by atoms with Crippen molar-refractivity contribution in [2.24, 2.45) is 0 Å². The van der Waals surface area contributed by atoms with Gasteiger partial charge >= 0.3 is 0 Å². The summed E-state index contributed by atoms with van der Waals surface area (Å²) in [5.74, 6) is -1.73. The van der Waals surface area contributed by atoms with Crippen molar-refractivity contribution >= 4 is 22.7 Å². The lowest BCUT2D eigenvalue weighted by molar-refractivity contribution is -0.122. The lowest BCUT2D eigenvalue weighted by atomic mass is 10.00. The van der Waals surface area contributed by atoms with Gasteiger partial charge in [-0.15, -0.1) is 0 Å². The normalized spacial score (nSPS) is 12.7. The number of aliphatic hydroxyl groups excluding tert-OH is 1. The van der Waals surface area contributed by atoms with E-state index in [0.29, 0.717) is 23.3 Å². The maximum Gasteiger partial charge on any atom is 0.220 e. The first-order valence-electron chi connectivity index (χ1n) is 13.6. The minimum Gasteiger partial charge on any atom is -0.493 e. The predicted octanol–water partition coefficient (Wildman–Crippen LogP) is 5.12. The summed E-state index contributed by atoms with van der Waals surface area (Å²) in [7, 11) is 1.51. The van der Waals surface area contributed by atoms with Gasteiger partial charge in [-0.2, -0.15) is 0 Å². The molecule has 0 saturated heterocycles. The van der Waals surface area contributed by atoms with Crippen LogP contribution >= 0.6 is 0 Å². The molecule has 0 spiro atoms. The second-order valence-corrected chi connectivity index (χ2v) is 9.94. The van der Waals surface area contributed by atoms with Crippen molar-refractivity contribution < 1.29 is 32.6 Å². The Labute approximate surface area is 237 Å². The van der Waals surface area contributed by atoms with E-state index in [1.165, 1.54) is 12.7 Å². The molecule has 0 radical (unpaired) electrons. The maximum atomic E-state index is 13.8. The Bertz CT molecular complexity index is 1480. The summed E-state index contributed by atoms with van der Waals surface area (Å²) in [5, 5.41) is 17.6. The van der Waals surface area contributed by atoms with Crippen LogP contribution in [0.1, 0.15) is 47.0 Å². The second kappa shape index (κ2) is 14.0. The molecule has 0 fully saturated rings. The quantitative estimate of drug-likeness (QED) is 0.184. The molecule has 0 unspecified atom stereocenters. The third-order valence-corrected chi connectivity index (χ3v) is 6.85. The molecule has 2 atom stereocenters. The summed E-state index contributed by atoms with van der Waals surface area (Å²) in [6.07, 6.45) is -0.464. The summed E-state index contributed by atoms with van der Waals surface area (Å²) in [6.45, 7) is 2.69. The fourth-order valence-electron chi connectivity index (χ4n) is 4.70. The largest absolute Gasteiger partial charge is 0.493 e. The van der Waals surface area contributed by atoms with Crippen molar-refractivity contribution in [1.29, 1.82) is 0 Å². The molecule has 41 heavy (non-hydrogen) atoms. The van der Waals surface area contributed by atoms with Crippen molar-refractivity contribution in [2.75, 3.05) is 13.7 Å². The van der Waals surface area contributed by atoms with Crippen molar-refractivity contribution in [3.63, 3.8) is 0 Å². The van der Waals surface area contributed by atoms with Crippen LogP contribution in [0.4, 0.5) is 8.78 Å². The Kier molecular flexibility index (Phi) is 10.2. The van der Waals surface area contributed by atoms with Gasteiger partial charge in [0.25, 0.3) is 0 Å². The minimum atomic E-state index is -1.07. The van der Waals surface area contributed by atoms with Crippen LogP contribution in [0.3, 0.4) is 0 Å². The van der Waals surface area contributed by atoms with Gasteiger partial charge in [0.05, 0.1) is 19.3 Å². The molecular formula is C32H34F2N2O5. The number of aliphatic hydroxyl groups is 1. The van der Waals surface area contributed by atoms with Gasteiger partial charge in [-0.05, 0) is 53.8 Å². The SMILES string of the molecule is CCc1cccc(CNC[C@@H](O)[C@H](Cc2cc(F)cc(F)c2)NC(=O)CCC(=O)c2cc3cccc(OC)c3o2)c1. The van der Waals surface area contributed by atoms with Crippen LogP contribution in [0.25, 0.3) is 11.0 Å². The molecule has 0 aliphatic carbocycles. The second-order valence-electron chi connectivity index (χ2n) is 9.94. The van der Waals surface area contributed by atoms with Gasteiger partial charge in [-0.1, -0.05) is 43.3 Å². The molecule has 0 aliphatic rings. The number of nitrogens with one attached hydrogen (secondary N) is 2. The van der Waals surface area contributed by atoms with Crippen molar-refractivity contribution in [3.8, 4) is 5.75 Å². The molecule has 1 heterocycles. The third-order valence-electron chi connectivity index (χ3n) is 6.85. The first kappa shape index (κ1) is 29.9. The number of carbonyl (C=O) groups is 2. The smallest absolute Gasteiger partial charge is 0.220 e. The first-order valence-corrected chi connectivity index (χ1v) is 13.6. The van der Waals surface area contributed by atoms with E-state index in [1.54, 1.807) is 24.3 Å². The van der Waals surface area contributed by atoms with Gasteiger partial charge in [-0.3, -0.25) is 9.59 Å². The van der Waals surface area contributed by atoms with Gasteiger partial charge in [0, 0.05) is 37.4 Å². The van der Waals surface area contributed by atoms with Gasteiger partial charge in [-0.25, -0.2) is 8.78 Å². The molecule has 4 aromatic rings. The summed E-state index contributed by atoms with van der Waals surface area (Å²) in [5.41, 5.74) is 2.97. The molecule has 4 rings (SSSR count). The minimum absolute atomic E-state index is 0.00803. The molecule has 3 aromatic carbocycles. The number of amides is 1. The van der Waals surface area contributed by atoms with E-state index in [1.807, 2.05) is 18.2 Å². The highest BCUT2D eigenvalue weighted by Gasteiger charge is 2.23. The number of hydrogen-bond acceptors (Lipinski definition) is 6. The Hall–Kier alpha value is -4.08. The fraction of sp³-hybridized carbons (Fsp3) is 0.312. The topological polar surface area (TPSA) is 101 Å². The van der Waals surface area contributed by atoms with Crippen LogP contribution in [0.5, 0.6) is 5.75 Å². The molecule has 3 N–H and O–H groups in total. The van der Waals surface area contributed by atoms with Gasteiger partial charge in [0.15, 0.2) is 22.9 Å². The highest BCUT2D eigenvalue weighted by atomic mass is 19.1. The zero-order chi connectivity index (χ0) is 29.4. The monoisotopic (exact) mass is 564 g/mol. The maximum absolute atomic E-state index is 13.8. The molecule has 0 bridgehead atoms. The highest BCUT2D eigenvalue weighted by Crippen LogP contribution is 2.29. The van der Waals surface area contributed by atoms with E-state index >= 15 is 0 Å². The summed E-state index contributed by atoms with van der Waals surface area (Å²) < 4.78 is 38.6. The van der Waals surface area contributed by atoms with E-state index in [2.05, 4.69) is 23.6 Å². The number of furan rings is 1. The standard InChI is InChI=1S/C32H34F2N2O5/c1-3-20-6-4-7-21(12-20)18-35-19-28(38)26(15-22-13-24(33)17-25(34)14-22)36-31(39)11-10-27(37)30-16-23-8-5-9-29(40-2)32(23)41-30/h4-9,12-14,16-17,26,28,35,38H,3,10-11,15,18-19H2,1-2H3,(H,36,39)/t26-,28+/m0/s1. The van der Waals surface area contributed by atoms with Gasteiger partial charge in [0.2, 0.25) is 5.91 Å². The molecule has 1 aromatic heterocycles. The van der Waals surface area contributed by atoms with Crippen LogP contribution in [-0.2, 0) is 24.2 Å². The van der Waals surface area contributed by atoms with E-state index in [4.69, 9.17) is 9.15 Å². The Morgan fingerprint density at radius 3 is 2.41 bits per heavy atom. The number of halogens is 2. The van der Waals surface area contributed by atoms with Gasteiger partial charge < -0.3 is 24.9 Å². The van der Waals surface area contributed by atoms with E-state index in [-0.39, 0.29) is 42.9 Å². The predicted molar refractivity (Wildman–Crippen MR) is 152 cm³/mol. The third kappa shape index (κ3) is 8.22. The summed E-state index contributed by atoms with van der Waals surface area (Å²) in [6, 6.07) is 17.2. The number of benzene rings is 3. The van der Waals surface area contributed by atoms with E-state index in [0.717, 1.165) is 30.2 Å². The average Bonchev–Trinajstić information content (AvgIpc) is 3.40. The Morgan fingerprint density at radius 2 is 1.68 bits per heavy atom. The number of ketones is 1. The Morgan fingerprint density at radius 1 is 0.951 bits per heavy atom. The van der Waals surface area contributed by atoms with Crippen LogP contribution in [-0.4, -0.2) is 42.6 Å².